The zero-order valence-electron chi connectivity index (χ0n) is 8.34. The van der Waals surface area contributed by atoms with E-state index in [1.807, 2.05) is 11.8 Å². The van der Waals surface area contributed by atoms with E-state index in [-0.39, 0.29) is 0 Å². The number of rotatable bonds is 4. The van der Waals surface area contributed by atoms with Crippen molar-refractivity contribution in [2.45, 2.75) is 19.1 Å². The van der Waals surface area contributed by atoms with E-state index in [1.165, 1.54) is 16.7 Å². The predicted molar refractivity (Wildman–Crippen MR) is 63.0 cm³/mol. The van der Waals surface area contributed by atoms with Gasteiger partial charge in [0.15, 0.2) is 0 Å². The van der Waals surface area contributed by atoms with E-state index in [9.17, 15) is 0 Å². The minimum absolute atomic E-state index is 1.03. The highest BCUT2D eigenvalue weighted by atomic mass is 32.2. The molecule has 0 radical (unpaired) electrons. The summed E-state index contributed by atoms with van der Waals surface area (Å²) in [5.41, 5.74) is 3.98. The lowest BCUT2D eigenvalue weighted by Gasteiger charge is -2.08. The van der Waals surface area contributed by atoms with Gasteiger partial charge >= 0.3 is 0 Å². The van der Waals surface area contributed by atoms with Crippen molar-refractivity contribution in [3.63, 3.8) is 0 Å². The molecule has 0 unspecified atom stereocenters. The molecular formula is C12H16S. The molecule has 1 aromatic rings. The Morgan fingerprint density at radius 1 is 1.38 bits per heavy atom. The van der Waals surface area contributed by atoms with Crippen molar-refractivity contribution in [1.82, 2.24) is 0 Å². The number of thioether (sulfide) groups is 1. The number of hydrogen-bond acceptors (Lipinski definition) is 1. The molecular weight excluding hydrogens is 176 g/mol. The fourth-order valence-electron chi connectivity index (χ4n) is 1.34. The molecule has 0 fully saturated rings. The molecule has 0 aliphatic heterocycles. The van der Waals surface area contributed by atoms with Gasteiger partial charge in [0.1, 0.15) is 0 Å². The summed E-state index contributed by atoms with van der Waals surface area (Å²) in [6, 6.07) is 8.53. The molecule has 13 heavy (non-hydrogen) atoms. The number of allylic oxidation sites excluding steroid dienone is 1. The molecule has 0 saturated carbocycles. The Balaban J connectivity index is 2.97. The zero-order valence-corrected chi connectivity index (χ0v) is 9.16. The van der Waals surface area contributed by atoms with Gasteiger partial charge in [0, 0.05) is 5.75 Å². The van der Waals surface area contributed by atoms with Crippen LogP contribution in [-0.2, 0) is 5.75 Å². The van der Waals surface area contributed by atoms with Crippen LogP contribution in [0.25, 0.3) is 5.57 Å². The van der Waals surface area contributed by atoms with Crippen molar-refractivity contribution >= 4 is 17.3 Å². The van der Waals surface area contributed by atoms with Gasteiger partial charge in [0.25, 0.3) is 0 Å². The molecule has 0 aliphatic carbocycles. The second kappa shape index (κ2) is 5.13. The van der Waals surface area contributed by atoms with Crippen molar-refractivity contribution in [2.24, 2.45) is 0 Å². The molecule has 0 atom stereocenters. The van der Waals surface area contributed by atoms with Crippen LogP contribution in [-0.4, -0.2) is 6.26 Å². The summed E-state index contributed by atoms with van der Waals surface area (Å²) in [5.74, 6) is 1.08. The Bertz CT molecular complexity index is 289. The molecule has 1 aromatic carbocycles. The Kier molecular flexibility index (Phi) is 4.10. The average molecular weight is 192 g/mol. The predicted octanol–water partition coefficient (Wildman–Crippen LogP) is 3.97. The Labute approximate surface area is 85.1 Å². The summed E-state index contributed by atoms with van der Waals surface area (Å²) in [6.07, 6.45) is 3.16. The highest BCUT2D eigenvalue weighted by molar-refractivity contribution is 7.97. The SMILES string of the molecule is C=C(CC)c1ccccc1CSC. The number of hydrogen-bond donors (Lipinski definition) is 0. The minimum atomic E-state index is 1.03. The van der Waals surface area contributed by atoms with Crippen molar-refractivity contribution in [3.8, 4) is 0 Å². The van der Waals surface area contributed by atoms with Gasteiger partial charge < -0.3 is 0 Å². The number of benzene rings is 1. The molecule has 0 heterocycles. The molecule has 0 amide bonds. The summed E-state index contributed by atoms with van der Waals surface area (Å²) in [6.45, 7) is 6.23. The van der Waals surface area contributed by atoms with Crippen LogP contribution in [0.15, 0.2) is 30.8 Å². The van der Waals surface area contributed by atoms with Gasteiger partial charge in [0.05, 0.1) is 0 Å². The first-order valence-electron chi connectivity index (χ1n) is 4.54. The van der Waals surface area contributed by atoms with Crippen molar-refractivity contribution in [3.05, 3.63) is 42.0 Å². The highest BCUT2D eigenvalue weighted by Gasteiger charge is 2.02. The molecule has 0 bridgehead atoms. The third kappa shape index (κ3) is 2.63. The quantitative estimate of drug-likeness (QED) is 0.695. The first kappa shape index (κ1) is 10.4. The zero-order chi connectivity index (χ0) is 9.68. The van der Waals surface area contributed by atoms with Crippen LogP contribution in [0.4, 0.5) is 0 Å². The highest BCUT2D eigenvalue weighted by Crippen LogP contribution is 2.22. The van der Waals surface area contributed by atoms with E-state index >= 15 is 0 Å². The van der Waals surface area contributed by atoms with Gasteiger partial charge in [-0.15, -0.1) is 0 Å². The van der Waals surface area contributed by atoms with Crippen molar-refractivity contribution in [1.29, 1.82) is 0 Å². The topological polar surface area (TPSA) is 0 Å². The van der Waals surface area contributed by atoms with Crippen LogP contribution in [0.3, 0.4) is 0 Å². The summed E-state index contributed by atoms with van der Waals surface area (Å²) >= 11 is 1.86. The van der Waals surface area contributed by atoms with Gasteiger partial charge in [-0.3, -0.25) is 0 Å². The van der Waals surface area contributed by atoms with Crippen molar-refractivity contribution < 1.29 is 0 Å². The lowest BCUT2D eigenvalue weighted by molar-refractivity contribution is 1.22. The van der Waals surface area contributed by atoms with Gasteiger partial charge in [-0.1, -0.05) is 37.8 Å². The fourth-order valence-corrected chi connectivity index (χ4v) is 1.90. The summed E-state index contributed by atoms with van der Waals surface area (Å²) in [5, 5.41) is 0. The standard InChI is InChI=1S/C12H16S/c1-4-10(2)12-8-6-5-7-11(12)9-13-3/h5-8H,2,4,9H2,1,3H3. The van der Waals surface area contributed by atoms with E-state index in [2.05, 4.69) is 44.0 Å². The fraction of sp³-hybridized carbons (Fsp3) is 0.333. The van der Waals surface area contributed by atoms with E-state index in [4.69, 9.17) is 0 Å². The Morgan fingerprint density at radius 3 is 2.69 bits per heavy atom. The minimum Gasteiger partial charge on any atom is -0.161 e. The molecule has 0 nitrogen and oxygen atoms in total. The normalized spacial score (nSPS) is 10.0. The van der Waals surface area contributed by atoms with E-state index in [0.717, 1.165) is 12.2 Å². The van der Waals surface area contributed by atoms with E-state index in [1.54, 1.807) is 0 Å². The Morgan fingerprint density at radius 2 is 2.08 bits per heavy atom. The molecule has 1 heteroatoms. The van der Waals surface area contributed by atoms with Crippen LogP contribution in [0.1, 0.15) is 24.5 Å². The molecule has 0 N–H and O–H groups in total. The molecule has 0 aliphatic rings. The van der Waals surface area contributed by atoms with Gasteiger partial charge in [0.2, 0.25) is 0 Å². The second-order valence-electron chi connectivity index (χ2n) is 3.05. The third-order valence-electron chi connectivity index (χ3n) is 2.12. The molecule has 70 valence electrons. The van der Waals surface area contributed by atoms with Crippen molar-refractivity contribution in [2.75, 3.05) is 6.26 Å². The second-order valence-corrected chi connectivity index (χ2v) is 3.91. The largest absolute Gasteiger partial charge is 0.161 e. The summed E-state index contributed by atoms with van der Waals surface area (Å²) < 4.78 is 0. The average Bonchev–Trinajstić information content (AvgIpc) is 2.18. The first-order chi connectivity index (χ1) is 6.29. The molecule has 0 aromatic heterocycles. The monoisotopic (exact) mass is 192 g/mol. The maximum absolute atomic E-state index is 4.08. The van der Waals surface area contributed by atoms with Gasteiger partial charge in [-0.2, -0.15) is 11.8 Å². The maximum atomic E-state index is 4.08. The summed E-state index contributed by atoms with van der Waals surface area (Å²) in [4.78, 5) is 0. The lowest BCUT2D eigenvalue weighted by atomic mass is 10.0. The Hall–Kier alpha value is -0.690. The maximum Gasteiger partial charge on any atom is 0.0187 e. The van der Waals surface area contributed by atoms with Gasteiger partial charge in [-0.25, -0.2) is 0 Å². The van der Waals surface area contributed by atoms with Crippen LogP contribution in [0.5, 0.6) is 0 Å². The molecule has 1 rings (SSSR count). The summed E-state index contributed by atoms with van der Waals surface area (Å²) in [7, 11) is 0. The van der Waals surface area contributed by atoms with Crippen LogP contribution in [0, 0.1) is 0 Å². The van der Waals surface area contributed by atoms with Crippen LogP contribution in [0.2, 0.25) is 0 Å². The van der Waals surface area contributed by atoms with E-state index in [0.29, 0.717) is 0 Å². The molecule has 0 spiro atoms. The smallest absolute Gasteiger partial charge is 0.0187 e. The van der Waals surface area contributed by atoms with Crippen LogP contribution >= 0.6 is 11.8 Å². The third-order valence-corrected chi connectivity index (χ3v) is 2.72. The lowest BCUT2D eigenvalue weighted by Crippen LogP contribution is -1.89. The van der Waals surface area contributed by atoms with Crippen LogP contribution < -0.4 is 0 Å². The molecule has 0 saturated heterocycles. The first-order valence-corrected chi connectivity index (χ1v) is 5.94. The van der Waals surface area contributed by atoms with Gasteiger partial charge in [-0.05, 0) is 29.4 Å². The van der Waals surface area contributed by atoms with E-state index < -0.39 is 0 Å².